The second-order valence-corrected chi connectivity index (χ2v) is 5.82. The molecule has 2 unspecified atom stereocenters. The summed E-state index contributed by atoms with van der Waals surface area (Å²) in [4.78, 5) is 14.9. The van der Waals surface area contributed by atoms with E-state index >= 15 is 0 Å². The normalized spacial score (nSPS) is 25.4. The van der Waals surface area contributed by atoms with Crippen LogP contribution in [0.25, 0.3) is 0 Å². The number of hydrogen-bond donors (Lipinski definition) is 0. The number of benzene rings is 1. The van der Waals surface area contributed by atoms with Gasteiger partial charge in [-0.2, -0.15) is 5.26 Å². The number of nitriles is 1. The van der Waals surface area contributed by atoms with Crippen molar-refractivity contribution in [2.75, 3.05) is 32.8 Å². The summed E-state index contributed by atoms with van der Waals surface area (Å²) in [6, 6.07) is 5.18. The van der Waals surface area contributed by atoms with E-state index in [1.165, 1.54) is 6.07 Å². The van der Waals surface area contributed by atoms with Crippen molar-refractivity contribution in [3.8, 4) is 6.07 Å². The lowest BCUT2D eigenvalue weighted by molar-refractivity contribution is -0.127. The number of carbonyl (C=O) groups excluding carboxylic acids is 1. The van der Waals surface area contributed by atoms with E-state index in [0.29, 0.717) is 25.3 Å². The number of hydrogen-bond acceptors (Lipinski definition) is 4. The van der Waals surface area contributed by atoms with Gasteiger partial charge in [-0.25, -0.2) is 4.39 Å². The van der Waals surface area contributed by atoms with Crippen LogP contribution in [0.2, 0.25) is 0 Å². The fourth-order valence-electron chi connectivity index (χ4n) is 3.27. The molecule has 2 fully saturated rings. The highest BCUT2D eigenvalue weighted by Crippen LogP contribution is 2.30. The van der Waals surface area contributed by atoms with E-state index in [2.05, 4.69) is 4.90 Å². The molecule has 116 valence electrons. The fourth-order valence-corrected chi connectivity index (χ4v) is 3.27. The van der Waals surface area contributed by atoms with Gasteiger partial charge in [-0.15, -0.1) is 0 Å². The van der Waals surface area contributed by atoms with Crippen molar-refractivity contribution in [2.45, 2.75) is 19.1 Å². The number of carbonyl (C=O) groups is 1. The van der Waals surface area contributed by atoms with Crippen molar-refractivity contribution < 1.29 is 13.9 Å². The van der Waals surface area contributed by atoms with E-state index in [-0.39, 0.29) is 17.7 Å². The van der Waals surface area contributed by atoms with Gasteiger partial charge >= 0.3 is 0 Å². The van der Waals surface area contributed by atoms with Crippen LogP contribution in [0.15, 0.2) is 12.1 Å². The Hall–Kier alpha value is -1.97. The topological polar surface area (TPSA) is 56.6 Å². The summed E-state index contributed by atoms with van der Waals surface area (Å²) in [5.41, 5.74) is 1.61. The predicted molar refractivity (Wildman–Crippen MR) is 77.5 cm³/mol. The number of morpholine rings is 1. The van der Waals surface area contributed by atoms with Crippen LogP contribution >= 0.6 is 0 Å². The molecule has 0 aliphatic carbocycles. The van der Waals surface area contributed by atoms with Crippen molar-refractivity contribution in [1.29, 1.82) is 5.26 Å². The molecule has 1 aromatic rings. The van der Waals surface area contributed by atoms with Gasteiger partial charge in [0.15, 0.2) is 0 Å². The van der Waals surface area contributed by atoms with E-state index in [9.17, 15) is 9.18 Å². The van der Waals surface area contributed by atoms with E-state index in [1.807, 2.05) is 6.07 Å². The van der Waals surface area contributed by atoms with Crippen LogP contribution in [-0.4, -0.2) is 55.0 Å². The molecule has 2 heterocycles. The van der Waals surface area contributed by atoms with Crippen LogP contribution in [0, 0.1) is 24.1 Å². The van der Waals surface area contributed by atoms with Crippen molar-refractivity contribution in [3.05, 3.63) is 34.6 Å². The molecule has 2 atom stereocenters. The lowest BCUT2D eigenvalue weighted by atomic mass is 9.96. The van der Waals surface area contributed by atoms with E-state index in [1.54, 1.807) is 17.9 Å². The maximum atomic E-state index is 13.6. The van der Waals surface area contributed by atoms with Gasteiger partial charge in [-0.1, -0.05) is 6.07 Å². The molecule has 0 aromatic heterocycles. The standard InChI is InChI=1S/C16H18FN3O2/c1-11-13(2-3-15(17)14(11)6-18)16-8-20-5-4-19(10-21)7-12(20)9-22-16/h2-3,10,12,16H,4-5,7-9H2,1H3. The van der Waals surface area contributed by atoms with Crippen LogP contribution in [0.1, 0.15) is 22.8 Å². The minimum absolute atomic E-state index is 0.0917. The molecule has 0 spiro atoms. The first-order valence-corrected chi connectivity index (χ1v) is 7.38. The zero-order valence-electron chi connectivity index (χ0n) is 12.5. The number of ether oxygens (including phenoxy) is 1. The van der Waals surface area contributed by atoms with Crippen LogP contribution < -0.4 is 0 Å². The average Bonchev–Trinajstić information content (AvgIpc) is 2.54. The highest BCUT2D eigenvalue weighted by molar-refractivity contribution is 5.47. The second kappa shape index (κ2) is 6.03. The zero-order chi connectivity index (χ0) is 15.7. The quantitative estimate of drug-likeness (QED) is 0.771. The SMILES string of the molecule is Cc1c(C2CN3CCN(C=O)CC3CO2)ccc(F)c1C#N. The Labute approximate surface area is 128 Å². The molecule has 3 rings (SSSR count). The van der Waals surface area contributed by atoms with Crippen molar-refractivity contribution in [3.63, 3.8) is 0 Å². The maximum absolute atomic E-state index is 13.6. The minimum atomic E-state index is -0.489. The number of halogens is 1. The Kier molecular flexibility index (Phi) is 4.10. The minimum Gasteiger partial charge on any atom is -0.370 e. The maximum Gasteiger partial charge on any atom is 0.209 e. The fraction of sp³-hybridized carbons (Fsp3) is 0.500. The molecule has 0 bridgehead atoms. The molecule has 0 saturated carbocycles. The molecule has 2 aliphatic rings. The number of amides is 1. The lowest BCUT2D eigenvalue weighted by Crippen LogP contribution is -2.58. The average molecular weight is 303 g/mol. The molecular weight excluding hydrogens is 285 g/mol. The Bertz CT molecular complexity index is 629. The summed E-state index contributed by atoms with van der Waals surface area (Å²) >= 11 is 0. The lowest BCUT2D eigenvalue weighted by Gasteiger charge is -2.45. The van der Waals surface area contributed by atoms with Crippen molar-refractivity contribution in [2.24, 2.45) is 0 Å². The number of nitrogens with zero attached hydrogens (tertiary/aromatic N) is 3. The monoisotopic (exact) mass is 303 g/mol. The first kappa shape index (κ1) is 14.9. The largest absolute Gasteiger partial charge is 0.370 e. The van der Waals surface area contributed by atoms with Crippen LogP contribution in [0.3, 0.4) is 0 Å². The molecule has 2 aliphatic heterocycles. The molecule has 0 N–H and O–H groups in total. The summed E-state index contributed by atoms with van der Waals surface area (Å²) in [5.74, 6) is -0.489. The van der Waals surface area contributed by atoms with Gasteiger partial charge in [0, 0.05) is 26.2 Å². The first-order chi connectivity index (χ1) is 10.6. The number of fused-ring (bicyclic) bond motifs is 1. The van der Waals surface area contributed by atoms with Gasteiger partial charge in [-0.3, -0.25) is 9.69 Å². The molecule has 5 nitrogen and oxygen atoms in total. The Balaban J connectivity index is 1.79. The Morgan fingerprint density at radius 2 is 2.23 bits per heavy atom. The summed E-state index contributed by atoms with van der Waals surface area (Å²) in [7, 11) is 0. The van der Waals surface area contributed by atoms with Crippen LogP contribution in [0.4, 0.5) is 4.39 Å². The molecule has 22 heavy (non-hydrogen) atoms. The van der Waals surface area contributed by atoms with Gasteiger partial charge in [0.25, 0.3) is 0 Å². The van der Waals surface area contributed by atoms with Crippen LogP contribution in [-0.2, 0) is 9.53 Å². The molecular formula is C16H18FN3O2. The third kappa shape index (κ3) is 2.58. The highest BCUT2D eigenvalue weighted by atomic mass is 19.1. The summed E-state index contributed by atoms with van der Waals surface area (Å²) in [6.45, 7) is 5.22. The van der Waals surface area contributed by atoms with E-state index in [0.717, 1.165) is 25.1 Å². The summed E-state index contributed by atoms with van der Waals surface area (Å²) in [6.07, 6.45) is 0.721. The van der Waals surface area contributed by atoms with Gasteiger partial charge < -0.3 is 9.64 Å². The van der Waals surface area contributed by atoms with E-state index in [4.69, 9.17) is 10.00 Å². The molecule has 1 aromatic carbocycles. The second-order valence-electron chi connectivity index (χ2n) is 5.82. The van der Waals surface area contributed by atoms with Gasteiger partial charge in [0.1, 0.15) is 11.9 Å². The van der Waals surface area contributed by atoms with Crippen molar-refractivity contribution >= 4 is 6.41 Å². The molecule has 2 saturated heterocycles. The van der Waals surface area contributed by atoms with Crippen molar-refractivity contribution in [1.82, 2.24) is 9.80 Å². The Morgan fingerprint density at radius 1 is 1.41 bits per heavy atom. The third-order valence-electron chi connectivity index (χ3n) is 4.59. The van der Waals surface area contributed by atoms with Gasteiger partial charge in [-0.05, 0) is 24.1 Å². The molecule has 6 heteroatoms. The highest BCUT2D eigenvalue weighted by Gasteiger charge is 2.34. The zero-order valence-corrected chi connectivity index (χ0v) is 12.5. The van der Waals surface area contributed by atoms with Gasteiger partial charge in [0.2, 0.25) is 6.41 Å². The summed E-state index contributed by atoms with van der Waals surface area (Å²) in [5, 5.41) is 9.09. The number of piperazine rings is 1. The van der Waals surface area contributed by atoms with Crippen LogP contribution in [0.5, 0.6) is 0 Å². The first-order valence-electron chi connectivity index (χ1n) is 7.38. The number of rotatable bonds is 2. The Morgan fingerprint density at radius 3 is 2.95 bits per heavy atom. The van der Waals surface area contributed by atoms with Gasteiger partial charge in [0.05, 0.1) is 24.3 Å². The predicted octanol–water partition coefficient (Wildman–Crippen LogP) is 1.22. The smallest absolute Gasteiger partial charge is 0.209 e. The molecule has 0 radical (unpaired) electrons. The third-order valence-corrected chi connectivity index (χ3v) is 4.59. The molecule has 1 amide bonds. The van der Waals surface area contributed by atoms with E-state index < -0.39 is 5.82 Å². The summed E-state index contributed by atoms with van der Waals surface area (Å²) < 4.78 is 19.6.